The van der Waals surface area contributed by atoms with Crippen molar-refractivity contribution in [2.24, 2.45) is 0 Å². The predicted molar refractivity (Wildman–Crippen MR) is 59.9 cm³/mol. The number of rotatable bonds is 2. The first-order valence-corrected chi connectivity index (χ1v) is 3.65. The third-order valence-electron chi connectivity index (χ3n) is 1.39. The zero-order chi connectivity index (χ0) is 10.0. The van der Waals surface area contributed by atoms with Crippen LogP contribution in [-0.2, 0) is 0 Å². The lowest BCUT2D eigenvalue weighted by Crippen LogP contribution is -2.01. The molecule has 0 spiro atoms. The third kappa shape index (κ3) is 4.38. The minimum absolute atomic E-state index is 0. The van der Waals surface area contributed by atoms with E-state index in [4.69, 9.17) is 21.8 Å². The Bertz CT molecular complexity index is 346. The fraction of sp³-hybridized carbons (Fsp3) is 0. The molecule has 15 heavy (non-hydrogen) atoms. The topological polar surface area (TPSA) is 74.6 Å². The van der Waals surface area contributed by atoms with Crippen LogP contribution in [0.4, 0.5) is 0 Å². The molecule has 0 heterocycles. The van der Waals surface area contributed by atoms with Crippen molar-refractivity contribution >= 4 is 48.4 Å². The van der Waals surface area contributed by atoms with Gasteiger partial charge in [-0.2, -0.15) is 0 Å². The molecular formula is C8H7Cl3O4. The van der Waals surface area contributed by atoms with E-state index >= 15 is 0 Å². The smallest absolute Gasteiger partial charge is 0.335 e. The lowest BCUT2D eigenvalue weighted by atomic mass is 10.1. The second-order valence-electron chi connectivity index (χ2n) is 2.34. The zero-order valence-corrected chi connectivity index (χ0v) is 9.53. The molecule has 1 rings (SSSR count). The first kappa shape index (κ1) is 16.5. The molecule has 0 fully saturated rings. The summed E-state index contributed by atoms with van der Waals surface area (Å²) in [5.41, 5.74) is -0.269. The number of hydrogen-bond donors (Lipinski definition) is 2. The molecule has 7 heteroatoms. The molecule has 0 atom stereocenters. The molecule has 0 aliphatic carbocycles. The van der Waals surface area contributed by atoms with Crippen LogP contribution in [0.15, 0.2) is 18.2 Å². The van der Waals surface area contributed by atoms with Gasteiger partial charge >= 0.3 is 11.9 Å². The lowest BCUT2D eigenvalue weighted by molar-refractivity contribution is 0.0696. The largest absolute Gasteiger partial charge is 0.478 e. The highest BCUT2D eigenvalue weighted by Gasteiger charge is 2.09. The van der Waals surface area contributed by atoms with Gasteiger partial charge < -0.3 is 10.2 Å². The summed E-state index contributed by atoms with van der Waals surface area (Å²) in [4.78, 5) is 21.0. The minimum atomic E-state index is -1.20. The zero-order valence-electron chi connectivity index (χ0n) is 7.14. The van der Waals surface area contributed by atoms with Crippen LogP contribution in [0, 0.1) is 0 Å². The molecule has 0 aliphatic heterocycles. The van der Waals surface area contributed by atoms with Gasteiger partial charge in [0, 0.05) is 5.02 Å². The van der Waals surface area contributed by atoms with Gasteiger partial charge in [-0.15, -0.1) is 24.8 Å². The van der Waals surface area contributed by atoms with Crippen LogP contribution in [-0.4, -0.2) is 22.2 Å². The summed E-state index contributed by atoms with van der Waals surface area (Å²) in [7, 11) is 0. The Morgan fingerprint density at radius 1 is 0.933 bits per heavy atom. The molecule has 84 valence electrons. The summed E-state index contributed by atoms with van der Waals surface area (Å²) < 4.78 is 0. The first-order valence-electron chi connectivity index (χ1n) is 3.28. The monoisotopic (exact) mass is 272 g/mol. The number of carboxylic acids is 2. The maximum absolute atomic E-state index is 10.5. The SMILES string of the molecule is Cl.Cl.O=C(O)c1cc(Cl)cc(C(=O)O)c1. The molecule has 0 radical (unpaired) electrons. The molecule has 2 N–H and O–H groups in total. The van der Waals surface area contributed by atoms with Gasteiger partial charge in [0.25, 0.3) is 0 Å². The van der Waals surface area contributed by atoms with Crippen molar-refractivity contribution in [3.05, 3.63) is 34.3 Å². The fourth-order valence-corrected chi connectivity index (χ4v) is 1.07. The Balaban J connectivity index is 0. The van der Waals surface area contributed by atoms with E-state index in [1.54, 1.807) is 0 Å². The van der Waals surface area contributed by atoms with E-state index in [9.17, 15) is 9.59 Å². The Morgan fingerprint density at radius 3 is 1.53 bits per heavy atom. The van der Waals surface area contributed by atoms with Crippen LogP contribution in [0.25, 0.3) is 0 Å². The van der Waals surface area contributed by atoms with E-state index in [0.29, 0.717) is 0 Å². The maximum Gasteiger partial charge on any atom is 0.335 e. The van der Waals surface area contributed by atoms with Crippen LogP contribution < -0.4 is 0 Å². The fourth-order valence-electron chi connectivity index (χ4n) is 0.837. The number of hydrogen-bond acceptors (Lipinski definition) is 2. The second-order valence-corrected chi connectivity index (χ2v) is 2.78. The molecule has 0 saturated heterocycles. The quantitative estimate of drug-likeness (QED) is 0.868. The Hall–Kier alpha value is -0.970. The van der Waals surface area contributed by atoms with Crippen molar-refractivity contribution in [2.75, 3.05) is 0 Å². The highest BCUT2D eigenvalue weighted by atomic mass is 35.5. The Morgan fingerprint density at radius 2 is 1.27 bits per heavy atom. The summed E-state index contributed by atoms with van der Waals surface area (Å²) in [5, 5.41) is 17.2. The van der Waals surface area contributed by atoms with E-state index in [1.165, 1.54) is 12.1 Å². The predicted octanol–water partition coefficient (Wildman–Crippen LogP) is 2.58. The van der Waals surface area contributed by atoms with Gasteiger partial charge in [-0.3, -0.25) is 0 Å². The molecule has 4 nitrogen and oxygen atoms in total. The summed E-state index contributed by atoms with van der Waals surface area (Å²) in [5.74, 6) is -2.41. The number of carboxylic acid groups (broad SMARTS) is 2. The van der Waals surface area contributed by atoms with Gasteiger partial charge in [0.05, 0.1) is 11.1 Å². The first-order chi connectivity index (χ1) is 6.00. The standard InChI is InChI=1S/C8H5ClO4.2ClH/c9-6-2-4(7(10)11)1-5(3-6)8(12)13;;/h1-3H,(H,10,11)(H,12,13);2*1H. The van der Waals surface area contributed by atoms with Crippen LogP contribution in [0.5, 0.6) is 0 Å². The average molecular weight is 273 g/mol. The van der Waals surface area contributed by atoms with Crippen molar-refractivity contribution in [1.29, 1.82) is 0 Å². The van der Waals surface area contributed by atoms with Crippen molar-refractivity contribution in [3.8, 4) is 0 Å². The summed E-state index contributed by atoms with van der Waals surface area (Å²) >= 11 is 5.51. The van der Waals surface area contributed by atoms with Crippen LogP contribution in [0.1, 0.15) is 20.7 Å². The van der Waals surface area contributed by atoms with Crippen molar-refractivity contribution in [2.45, 2.75) is 0 Å². The molecule has 1 aromatic carbocycles. The molecule has 0 bridgehead atoms. The van der Waals surface area contributed by atoms with E-state index in [1.807, 2.05) is 0 Å². The van der Waals surface area contributed by atoms with Gasteiger partial charge in [-0.1, -0.05) is 11.6 Å². The molecule has 1 aromatic rings. The van der Waals surface area contributed by atoms with Gasteiger partial charge in [-0.05, 0) is 18.2 Å². The van der Waals surface area contributed by atoms with E-state index < -0.39 is 11.9 Å². The summed E-state index contributed by atoms with van der Waals surface area (Å²) in [6.45, 7) is 0. The number of aromatic carboxylic acids is 2. The molecule has 0 saturated carbocycles. The molecule has 0 aliphatic rings. The molecular weight excluding hydrogens is 266 g/mol. The van der Waals surface area contributed by atoms with Crippen LogP contribution in [0.2, 0.25) is 5.02 Å². The van der Waals surface area contributed by atoms with Crippen LogP contribution in [0.3, 0.4) is 0 Å². The normalized spacial score (nSPS) is 8.33. The lowest BCUT2D eigenvalue weighted by Gasteiger charge is -1.98. The number of carbonyl (C=O) groups is 2. The molecule has 0 amide bonds. The maximum atomic E-state index is 10.5. The van der Waals surface area contributed by atoms with E-state index in [0.717, 1.165) is 6.07 Å². The van der Waals surface area contributed by atoms with Crippen molar-refractivity contribution in [1.82, 2.24) is 0 Å². The van der Waals surface area contributed by atoms with Gasteiger partial charge in [-0.25, -0.2) is 9.59 Å². The average Bonchev–Trinajstić information content (AvgIpc) is 2.03. The minimum Gasteiger partial charge on any atom is -0.478 e. The molecule has 0 unspecified atom stereocenters. The van der Waals surface area contributed by atoms with Gasteiger partial charge in [0.2, 0.25) is 0 Å². The highest BCUT2D eigenvalue weighted by Crippen LogP contribution is 2.15. The van der Waals surface area contributed by atoms with Gasteiger partial charge in [0.1, 0.15) is 0 Å². The summed E-state index contributed by atoms with van der Waals surface area (Å²) in [6.07, 6.45) is 0. The second kappa shape index (κ2) is 6.50. The highest BCUT2D eigenvalue weighted by molar-refractivity contribution is 6.31. The molecule has 0 aromatic heterocycles. The number of halogens is 3. The van der Waals surface area contributed by atoms with Crippen molar-refractivity contribution < 1.29 is 19.8 Å². The number of benzene rings is 1. The summed E-state index contributed by atoms with van der Waals surface area (Å²) in [6, 6.07) is 3.43. The van der Waals surface area contributed by atoms with Gasteiger partial charge in [0.15, 0.2) is 0 Å². The Labute approximate surface area is 103 Å². The van der Waals surface area contributed by atoms with E-state index in [-0.39, 0.29) is 41.0 Å². The van der Waals surface area contributed by atoms with Crippen LogP contribution >= 0.6 is 36.4 Å². The third-order valence-corrected chi connectivity index (χ3v) is 1.61. The van der Waals surface area contributed by atoms with E-state index in [2.05, 4.69) is 0 Å². The Kier molecular flexibility index (Phi) is 7.13. The van der Waals surface area contributed by atoms with Crippen molar-refractivity contribution in [3.63, 3.8) is 0 Å².